The van der Waals surface area contributed by atoms with Gasteiger partial charge in [-0.2, -0.15) is 0 Å². The largest absolute Gasteiger partial charge is 0.385 e. The fraction of sp³-hybridized carbons (Fsp3) is 0.100. The highest BCUT2D eigenvalue weighted by molar-refractivity contribution is 6.30. The summed E-state index contributed by atoms with van der Waals surface area (Å²) in [5.74, 6) is -0.703. The van der Waals surface area contributed by atoms with Crippen molar-refractivity contribution in [2.75, 3.05) is 17.2 Å². The molecule has 0 atom stereocenters. The maximum absolute atomic E-state index is 12.9. The third-order valence-corrected chi connectivity index (χ3v) is 4.00. The zero-order valence-electron chi connectivity index (χ0n) is 13.9. The van der Waals surface area contributed by atoms with E-state index in [1.54, 1.807) is 18.3 Å². The van der Waals surface area contributed by atoms with Crippen molar-refractivity contribution in [2.24, 2.45) is 0 Å². The summed E-state index contributed by atoms with van der Waals surface area (Å²) in [5.41, 5.74) is 2.77. The van der Waals surface area contributed by atoms with Crippen LogP contribution in [0.4, 0.5) is 15.8 Å². The fourth-order valence-electron chi connectivity index (χ4n) is 2.40. The predicted molar refractivity (Wildman–Crippen MR) is 102 cm³/mol. The molecule has 0 unspecified atom stereocenters. The Morgan fingerprint density at radius 3 is 2.46 bits per heavy atom. The average Bonchev–Trinajstić information content (AvgIpc) is 2.65. The van der Waals surface area contributed by atoms with Crippen molar-refractivity contribution in [3.63, 3.8) is 0 Å². The molecule has 1 aromatic heterocycles. The molecule has 1 amide bonds. The average molecular weight is 370 g/mol. The number of rotatable bonds is 6. The van der Waals surface area contributed by atoms with Crippen LogP contribution in [0.15, 0.2) is 66.9 Å². The Labute approximate surface area is 156 Å². The third kappa shape index (κ3) is 5.04. The van der Waals surface area contributed by atoms with Crippen molar-refractivity contribution >= 4 is 28.9 Å². The SMILES string of the molecule is O=C(Nc1ccc(F)cc1)c1cc(NCCc2ccc(Cl)cc2)ccn1. The first-order chi connectivity index (χ1) is 12.6. The van der Waals surface area contributed by atoms with E-state index in [0.29, 0.717) is 17.3 Å². The van der Waals surface area contributed by atoms with E-state index >= 15 is 0 Å². The van der Waals surface area contributed by atoms with Crippen molar-refractivity contribution in [3.05, 3.63) is 89.0 Å². The molecule has 4 nitrogen and oxygen atoms in total. The summed E-state index contributed by atoms with van der Waals surface area (Å²) in [7, 11) is 0. The van der Waals surface area contributed by atoms with E-state index in [9.17, 15) is 9.18 Å². The topological polar surface area (TPSA) is 54.0 Å². The second-order valence-corrected chi connectivity index (χ2v) is 6.13. The van der Waals surface area contributed by atoms with Crippen LogP contribution < -0.4 is 10.6 Å². The molecule has 2 aromatic carbocycles. The summed E-state index contributed by atoms with van der Waals surface area (Å²) >= 11 is 5.88. The molecule has 0 radical (unpaired) electrons. The van der Waals surface area contributed by atoms with E-state index in [1.165, 1.54) is 29.8 Å². The van der Waals surface area contributed by atoms with Gasteiger partial charge in [0.25, 0.3) is 5.91 Å². The zero-order valence-corrected chi connectivity index (χ0v) is 14.6. The van der Waals surface area contributed by atoms with E-state index in [-0.39, 0.29) is 17.4 Å². The molecule has 0 spiro atoms. The number of carbonyl (C=O) groups excluding carboxylic acids is 1. The second kappa shape index (κ2) is 8.45. The summed E-state index contributed by atoms with van der Waals surface area (Å²) in [6.45, 7) is 0.713. The molecule has 0 aliphatic rings. The van der Waals surface area contributed by atoms with Gasteiger partial charge in [-0.05, 0) is 60.5 Å². The van der Waals surface area contributed by atoms with E-state index in [1.807, 2.05) is 24.3 Å². The molecule has 0 saturated carbocycles. The Kier molecular flexibility index (Phi) is 5.81. The van der Waals surface area contributed by atoms with Gasteiger partial charge < -0.3 is 10.6 Å². The van der Waals surface area contributed by atoms with E-state index in [2.05, 4.69) is 15.6 Å². The monoisotopic (exact) mass is 369 g/mol. The van der Waals surface area contributed by atoms with Gasteiger partial charge in [0.15, 0.2) is 0 Å². The van der Waals surface area contributed by atoms with Crippen LogP contribution in [0.1, 0.15) is 16.1 Å². The van der Waals surface area contributed by atoms with Gasteiger partial charge in [-0.1, -0.05) is 23.7 Å². The lowest BCUT2D eigenvalue weighted by Crippen LogP contribution is -2.14. The first-order valence-corrected chi connectivity index (χ1v) is 8.49. The van der Waals surface area contributed by atoms with Crippen LogP contribution in [0.3, 0.4) is 0 Å². The molecule has 6 heteroatoms. The Bertz CT molecular complexity index is 882. The van der Waals surface area contributed by atoms with Gasteiger partial charge in [-0.15, -0.1) is 0 Å². The van der Waals surface area contributed by atoms with Crippen molar-refractivity contribution in [3.8, 4) is 0 Å². The number of hydrogen-bond donors (Lipinski definition) is 2. The van der Waals surface area contributed by atoms with E-state index in [0.717, 1.165) is 12.1 Å². The lowest BCUT2D eigenvalue weighted by Gasteiger charge is -2.09. The zero-order chi connectivity index (χ0) is 18.4. The van der Waals surface area contributed by atoms with Crippen LogP contribution in [0.5, 0.6) is 0 Å². The smallest absolute Gasteiger partial charge is 0.274 e. The van der Waals surface area contributed by atoms with Gasteiger partial charge in [0.05, 0.1) is 0 Å². The van der Waals surface area contributed by atoms with Crippen LogP contribution in [0, 0.1) is 5.82 Å². The third-order valence-electron chi connectivity index (χ3n) is 3.75. The van der Waals surface area contributed by atoms with Crippen molar-refractivity contribution in [1.82, 2.24) is 4.98 Å². The second-order valence-electron chi connectivity index (χ2n) is 5.69. The Balaban J connectivity index is 1.57. The van der Waals surface area contributed by atoms with Gasteiger partial charge >= 0.3 is 0 Å². The minimum absolute atomic E-state index is 0.283. The Morgan fingerprint density at radius 1 is 1.00 bits per heavy atom. The highest BCUT2D eigenvalue weighted by Crippen LogP contribution is 2.13. The number of pyridine rings is 1. The molecule has 0 aliphatic carbocycles. The Hall–Kier alpha value is -2.92. The number of amides is 1. The molecule has 1 heterocycles. The first kappa shape index (κ1) is 17.9. The molecular formula is C20H17ClFN3O. The molecule has 2 N–H and O–H groups in total. The lowest BCUT2D eigenvalue weighted by atomic mass is 10.1. The first-order valence-electron chi connectivity index (χ1n) is 8.11. The summed E-state index contributed by atoms with van der Waals surface area (Å²) in [6.07, 6.45) is 2.40. The number of benzene rings is 2. The molecule has 0 aliphatic heterocycles. The quantitative estimate of drug-likeness (QED) is 0.657. The summed E-state index contributed by atoms with van der Waals surface area (Å²) in [5, 5.41) is 6.68. The van der Waals surface area contributed by atoms with Gasteiger partial charge in [0.2, 0.25) is 0 Å². The highest BCUT2D eigenvalue weighted by Gasteiger charge is 2.08. The molecular weight excluding hydrogens is 353 g/mol. The molecule has 26 heavy (non-hydrogen) atoms. The number of nitrogens with one attached hydrogen (secondary N) is 2. The number of nitrogens with zero attached hydrogens (tertiary/aromatic N) is 1. The minimum atomic E-state index is -0.354. The van der Waals surface area contributed by atoms with Crippen LogP contribution >= 0.6 is 11.6 Å². The van der Waals surface area contributed by atoms with Gasteiger partial charge in [-0.3, -0.25) is 9.78 Å². The number of anilines is 2. The van der Waals surface area contributed by atoms with Crippen LogP contribution in [-0.2, 0) is 6.42 Å². The van der Waals surface area contributed by atoms with Gasteiger partial charge in [0, 0.05) is 29.1 Å². The maximum atomic E-state index is 12.9. The number of carbonyl (C=O) groups is 1. The van der Waals surface area contributed by atoms with Gasteiger partial charge in [-0.25, -0.2) is 4.39 Å². The summed E-state index contributed by atoms with van der Waals surface area (Å²) < 4.78 is 12.9. The maximum Gasteiger partial charge on any atom is 0.274 e. The van der Waals surface area contributed by atoms with Gasteiger partial charge in [0.1, 0.15) is 11.5 Å². The van der Waals surface area contributed by atoms with Crippen LogP contribution in [0.25, 0.3) is 0 Å². The number of hydrogen-bond acceptors (Lipinski definition) is 3. The molecule has 132 valence electrons. The number of aromatic nitrogens is 1. The summed E-state index contributed by atoms with van der Waals surface area (Å²) in [6, 6.07) is 16.8. The number of halogens is 2. The Morgan fingerprint density at radius 2 is 1.73 bits per heavy atom. The molecule has 3 rings (SSSR count). The molecule has 0 bridgehead atoms. The molecule has 3 aromatic rings. The van der Waals surface area contributed by atoms with Crippen molar-refractivity contribution in [2.45, 2.75) is 6.42 Å². The summed E-state index contributed by atoms with van der Waals surface area (Å²) in [4.78, 5) is 16.4. The van der Waals surface area contributed by atoms with Crippen molar-refractivity contribution < 1.29 is 9.18 Å². The fourth-order valence-corrected chi connectivity index (χ4v) is 2.52. The normalized spacial score (nSPS) is 10.4. The molecule has 0 fully saturated rings. The minimum Gasteiger partial charge on any atom is -0.385 e. The standard InChI is InChI=1S/C20H17ClFN3O/c21-15-3-1-14(2-4-15)9-11-23-18-10-12-24-19(13-18)20(26)25-17-7-5-16(22)6-8-17/h1-8,10,12-13H,9,11H2,(H,23,24)(H,25,26). The highest BCUT2D eigenvalue weighted by atomic mass is 35.5. The van der Waals surface area contributed by atoms with Crippen LogP contribution in [0.2, 0.25) is 5.02 Å². The van der Waals surface area contributed by atoms with E-state index in [4.69, 9.17) is 11.6 Å². The molecule has 0 saturated heterocycles. The van der Waals surface area contributed by atoms with E-state index < -0.39 is 0 Å². The lowest BCUT2D eigenvalue weighted by molar-refractivity contribution is 0.102. The van der Waals surface area contributed by atoms with Crippen LogP contribution in [-0.4, -0.2) is 17.4 Å². The van der Waals surface area contributed by atoms with Crippen molar-refractivity contribution in [1.29, 1.82) is 0 Å². The predicted octanol–water partition coefficient (Wildman–Crippen LogP) is 4.78.